The van der Waals surface area contributed by atoms with Gasteiger partial charge in [-0.1, -0.05) is 25.6 Å². The topological polar surface area (TPSA) is 85.3 Å². The highest BCUT2D eigenvalue weighted by Crippen LogP contribution is 2.43. The molecule has 0 bridgehead atoms. The summed E-state index contributed by atoms with van der Waals surface area (Å²) >= 11 is 1.38. The van der Waals surface area contributed by atoms with Crippen LogP contribution >= 0.6 is 11.8 Å². The van der Waals surface area contributed by atoms with Crippen LogP contribution in [0.15, 0.2) is 23.2 Å². The van der Waals surface area contributed by atoms with Gasteiger partial charge in [0.05, 0.1) is 17.5 Å². The number of fused-ring (bicyclic) bond motifs is 2. The van der Waals surface area contributed by atoms with Crippen LogP contribution in [0.3, 0.4) is 0 Å². The Kier molecular flexibility index (Phi) is 4.84. The number of thioether (sulfide) groups is 1. The smallest absolute Gasteiger partial charge is 0.250 e. The predicted octanol–water partition coefficient (Wildman–Crippen LogP) is 2.11. The zero-order valence-electron chi connectivity index (χ0n) is 15.3. The normalized spacial score (nSPS) is 28.2. The number of ether oxygens (including phenoxy) is 2. The lowest BCUT2D eigenvalue weighted by Gasteiger charge is -2.26. The van der Waals surface area contributed by atoms with Crippen molar-refractivity contribution in [2.75, 3.05) is 29.6 Å². The fourth-order valence-corrected chi connectivity index (χ4v) is 7.35. The first-order valence-corrected chi connectivity index (χ1v) is 11.8. The summed E-state index contributed by atoms with van der Waals surface area (Å²) in [7, 11) is -3.10. The van der Waals surface area contributed by atoms with E-state index in [1.807, 2.05) is 36.9 Å². The number of amides is 1. The molecule has 7 nitrogen and oxygen atoms in total. The molecular formula is C18H22N2O5S2. The summed E-state index contributed by atoms with van der Waals surface area (Å²) in [5, 5.41) is 0.452. The molecule has 0 radical (unpaired) electrons. The van der Waals surface area contributed by atoms with E-state index in [-0.39, 0.29) is 34.6 Å². The molecule has 4 rings (SSSR count). The Labute approximate surface area is 163 Å². The SMILES string of the molecule is CC[C@@H](C)C(=O)N=C1S[C@H]2CS(=O)(=O)C[C@@H]2N1c1ccc2c(c1)OCCO2. The van der Waals surface area contributed by atoms with Gasteiger partial charge in [-0.2, -0.15) is 4.99 Å². The average molecular weight is 411 g/mol. The molecule has 3 aliphatic heterocycles. The highest BCUT2D eigenvalue weighted by Gasteiger charge is 2.49. The van der Waals surface area contributed by atoms with Crippen LogP contribution in [0.25, 0.3) is 0 Å². The standard InChI is InChI=1S/C18H22N2O5S2/c1-3-11(2)17(21)19-18-20(13-9-27(22,23)10-16(13)26-18)12-4-5-14-15(8-12)25-7-6-24-14/h4-5,8,11,13,16H,3,6-7,9-10H2,1-2H3/t11-,13+,16+/m1/s1. The minimum Gasteiger partial charge on any atom is -0.486 e. The highest BCUT2D eigenvalue weighted by atomic mass is 32.2. The monoisotopic (exact) mass is 410 g/mol. The van der Waals surface area contributed by atoms with Crippen molar-refractivity contribution in [3.63, 3.8) is 0 Å². The number of hydrogen-bond acceptors (Lipinski definition) is 6. The van der Waals surface area contributed by atoms with Crippen molar-refractivity contribution in [2.45, 2.75) is 31.6 Å². The first kappa shape index (κ1) is 18.6. The zero-order chi connectivity index (χ0) is 19.2. The molecule has 3 heterocycles. The minimum atomic E-state index is -3.10. The summed E-state index contributed by atoms with van der Waals surface area (Å²) in [6, 6.07) is 5.29. The Balaban J connectivity index is 1.72. The maximum Gasteiger partial charge on any atom is 0.250 e. The van der Waals surface area contributed by atoms with E-state index in [2.05, 4.69) is 4.99 Å². The predicted molar refractivity (Wildman–Crippen MR) is 106 cm³/mol. The van der Waals surface area contributed by atoms with Crippen molar-refractivity contribution in [3.05, 3.63) is 18.2 Å². The lowest BCUT2D eigenvalue weighted by molar-refractivity contribution is -0.121. The van der Waals surface area contributed by atoms with Crippen LogP contribution in [0.5, 0.6) is 11.5 Å². The number of rotatable bonds is 3. The van der Waals surface area contributed by atoms with E-state index in [4.69, 9.17) is 9.47 Å². The number of nitrogens with zero attached hydrogens (tertiary/aromatic N) is 2. The Morgan fingerprint density at radius 3 is 2.78 bits per heavy atom. The molecule has 2 fully saturated rings. The minimum absolute atomic E-state index is 0.0651. The van der Waals surface area contributed by atoms with Crippen molar-refractivity contribution in [2.24, 2.45) is 10.9 Å². The molecule has 0 aromatic heterocycles. The fourth-order valence-electron chi connectivity index (χ4n) is 3.43. The Bertz CT molecular complexity index is 899. The maximum atomic E-state index is 12.4. The zero-order valence-corrected chi connectivity index (χ0v) is 16.9. The van der Waals surface area contributed by atoms with Crippen LogP contribution in [0.2, 0.25) is 0 Å². The van der Waals surface area contributed by atoms with Gasteiger partial charge in [-0.25, -0.2) is 8.42 Å². The van der Waals surface area contributed by atoms with Crippen LogP contribution in [0, 0.1) is 5.92 Å². The van der Waals surface area contributed by atoms with Gasteiger partial charge in [0.2, 0.25) is 0 Å². The number of carbonyl (C=O) groups excluding carboxylic acids is 1. The van der Waals surface area contributed by atoms with Gasteiger partial charge in [0, 0.05) is 22.9 Å². The van der Waals surface area contributed by atoms with Crippen LogP contribution in [-0.4, -0.2) is 55.5 Å². The number of aliphatic imine (C=N–C) groups is 1. The van der Waals surface area contributed by atoms with Crippen molar-refractivity contribution in [1.29, 1.82) is 0 Å². The molecule has 27 heavy (non-hydrogen) atoms. The third-order valence-electron chi connectivity index (χ3n) is 5.11. The van der Waals surface area contributed by atoms with E-state index in [1.165, 1.54) is 11.8 Å². The van der Waals surface area contributed by atoms with E-state index >= 15 is 0 Å². The Hall–Kier alpha value is -1.74. The third kappa shape index (κ3) is 3.54. The molecule has 0 unspecified atom stereocenters. The van der Waals surface area contributed by atoms with Gasteiger partial charge in [-0.05, 0) is 18.6 Å². The molecule has 146 valence electrons. The number of benzene rings is 1. The second kappa shape index (κ2) is 7.01. The van der Waals surface area contributed by atoms with E-state index in [0.29, 0.717) is 36.3 Å². The van der Waals surface area contributed by atoms with Gasteiger partial charge in [0.1, 0.15) is 13.2 Å². The third-order valence-corrected chi connectivity index (χ3v) is 8.32. The molecule has 9 heteroatoms. The quantitative estimate of drug-likeness (QED) is 0.754. The van der Waals surface area contributed by atoms with Gasteiger partial charge >= 0.3 is 0 Å². The molecular weight excluding hydrogens is 388 g/mol. The molecule has 0 N–H and O–H groups in total. The van der Waals surface area contributed by atoms with Crippen LogP contribution in [0.1, 0.15) is 20.3 Å². The maximum absolute atomic E-state index is 12.4. The van der Waals surface area contributed by atoms with Crippen molar-refractivity contribution in [3.8, 4) is 11.5 Å². The first-order chi connectivity index (χ1) is 12.9. The molecule has 1 aromatic rings. The molecule has 2 saturated heterocycles. The summed E-state index contributed by atoms with van der Waals surface area (Å²) < 4.78 is 35.5. The molecule has 1 amide bonds. The lowest BCUT2D eigenvalue weighted by Crippen LogP contribution is -2.38. The van der Waals surface area contributed by atoms with Gasteiger partial charge in [0.15, 0.2) is 26.5 Å². The van der Waals surface area contributed by atoms with Crippen molar-refractivity contribution in [1.82, 2.24) is 0 Å². The first-order valence-electron chi connectivity index (χ1n) is 9.06. The largest absolute Gasteiger partial charge is 0.486 e. The molecule has 3 aliphatic rings. The van der Waals surface area contributed by atoms with Crippen LogP contribution < -0.4 is 14.4 Å². The summed E-state index contributed by atoms with van der Waals surface area (Å²) in [6.45, 7) is 4.78. The molecule has 1 aromatic carbocycles. The molecule has 0 spiro atoms. The van der Waals surface area contributed by atoms with E-state index in [0.717, 1.165) is 5.69 Å². The van der Waals surface area contributed by atoms with Gasteiger partial charge in [-0.15, -0.1) is 0 Å². The van der Waals surface area contributed by atoms with Crippen LogP contribution in [-0.2, 0) is 14.6 Å². The van der Waals surface area contributed by atoms with E-state index in [9.17, 15) is 13.2 Å². The molecule has 3 atom stereocenters. The molecule has 0 aliphatic carbocycles. The van der Waals surface area contributed by atoms with Crippen molar-refractivity contribution < 1.29 is 22.7 Å². The average Bonchev–Trinajstić information content (AvgIpc) is 3.11. The van der Waals surface area contributed by atoms with E-state index in [1.54, 1.807) is 0 Å². The number of anilines is 1. The van der Waals surface area contributed by atoms with Gasteiger partial charge < -0.3 is 14.4 Å². The van der Waals surface area contributed by atoms with Gasteiger partial charge in [-0.3, -0.25) is 4.79 Å². The molecule has 0 saturated carbocycles. The number of carbonyl (C=O) groups is 1. The number of sulfone groups is 1. The second-order valence-electron chi connectivity index (χ2n) is 7.04. The fraction of sp³-hybridized carbons (Fsp3) is 0.556. The number of amidine groups is 1. The second-order valence-corrected chi connectivity index (χ2v) is 10.4. The van der Waals surface area contributed by atoms with E-state index < -0.39 is 9.84 Å². The van der Waals surface area contributed by atoms with Gasteiger partial charge in [0.25, 0.3) is 5.91 Å². The summed E-state index contributed by atoms with van der Waals surface area (Å²) in [4.78, 5) is 18.6. The van der Waals surface area contributed by atoms with Crippen LogP contribution in [0.4, 0.5) is 5.69 Å². The lowest BCUT2D eigenvalue weighted by atomic mass is 10.1. The summed E-state index contributed by atoms with van der Waals surface area (Å²) in [5.41, 5.74) is 0.770. The Morgan fingerprint density at radius 2 is 2.04 bits per heavy atom. The summed E-state index contributed by atoms with van der Waals surface area (Å²) in [6.07, 6.45) is 0.714. The Morgan fingerprint density at radius 1 is 1.30 bits per heavy atom. The summed E-state index contributed by atoms with van der Waals surface area (Å²) in [5.74, 6) is 1.13. The van der Waals surface area contributed by atoms with Crippen molar-refractivity contribution >= 4 is 38.4 Å². The number of hydrogen-bond donors (Lipinski definition) is 0. The highest BCUT2D eigenvalue weighted by molar-refractivity contribution is 8.16.